The van der Waals surface area contributed by atoms with Crippen molar-refractivity contribution in [1.29, 1.82) is 0 Å². The van der Waals surface area contributed by atoms with Crippen LogP contribution in [0.5, 0.6) is 0 Å². The van der Waals surface area contributed by atoms with Crippen LogP contribution in [0.2, 0.25) is 0 Å². The van der Waals surface area contributed by atoms with Gasteiger partial charge in [-0.15, -0.1) is 0 Å². The fourth-order valence-corrected chi connectivity index (χ4v) is 2.34. The maximum Gasteiger partial charge on any atom is 0.127 e. The maximum absolute atomic E-state index is 5.84. The van der Waals surface area contributed by atoms with Crippen molar-refractivity contribution in [3.8, 4) is 0 Å². The zero-order valence-electron chi connectivity index (χ0n) is 9.86. The Morgan fingerprint density at radius 2 is 1.76 bits per heavy atom. The summed E-state index contributed by atoms with van der Waals surface area (Å²) in [7, 11) is 0. The first-order valence-electron chi connectivity index (χ1n) is 6.26. The summed E-state index contributed by atoms with van der Waals surface area (Å²) < 4.78 is 5.84. The molecular weight excluding hydrogens is 208 g/mol. The fraction of sp³-hybridized carbons (Fsp3) is 0.250. The zero-order valence-corrected chi connectivity index (χ0v) is 9.86. The highest BCUT2D eigenvalue weighted by Crippen LogP contribution is 2.25. The van der Waals surface area contributed by atoms with Gasteiger partial charge in [0.1, 0.15) is 11.5 Å². The maximum atomic E-state index is 5.84. The number of hydrogen-bond acceptors (Lipinski definition) is 1. The SMILES string of the molecule is C(=Cc1cc2c(o1)CCCC2)c1ccccc1. The lowest BCUT2D eigenvalue weighted by molar-refractivity contribution is 0.472. The second-order valence-electron chi connectivity index (χ2n) is 4.55. The van der Waals surface area contributed by atoms with Crippen molar-refractivity contribution < 1.29 is 4.42 Å². The Morgan fingerprint density at radius 3 is 2.59 bits per heavy atom. The van der Waals surface area contributed by atoms with E-state index in [0.29, 0.717) is 0 Å². The molecule has 3 rings (SSSR count). The Kier molecular flexibility index (Phi) is 2.83. The summed E-state index contributed by atoms with van der Waals surface area (Å²) >= 11 is 0. The lowest BCUT2D eigenvalue weighted by atomic mass is 9.99. The molecule has 0 saturated heterocycles. The van der Waals surface area contributed by atoms with Crippen LogP contribution in [-0.2, 0) is 12.8 Å². The van der Waals surface area contributed by atoms with Gasteiger partial charge in [-0.1, -0.05) is 36.4 Å². The molecule has 0 N–H and O–H groups in total. The topological polar surface area (TPSA) is 13.1 Å². The summed E-state index contributed by atoms with van der Waals surface area (Å²) in [6.07, 6.45) is 9.02. The van der Waals surface area contributed by atoms with Gasteiger partial charge >= 0.3 is 0 Å². The van der Waals surface area contributed by atoms with Crippen LogP contribution in [0.4, 0.5) is 0 Å². The molecule has 1 heterocycles. The number of aryl methyl sites for hydroxylation is 2. The smallest absolute Gasteiger partial charge is 0.127 e. The first-order chi connectivity index (χ1) is 8.42. The van der Waals surface area contributed by atoms with Crippen molar-refractivity contribution in [2.45, 2.75) is 25.7 Å². The van der Waals surface area contributed by atoms with Crippen LogP contribution in [0.1, 0.15) is 35.5 Å². The summed E-state index contributed by atoms with van der Waals surface area (Å²) in [5, 5.41) is 0. The lowest BCUT2D eigenvalue weighted by Gasteiger charge is -2.07. The highest BCUT2D eigenvalue weighted by Gasteiger charge is 2.13. The highest BCUT2D eigenvalue weighted by atomic mass is 16.3. The molecule has 1 heteroatoms. The number of fused-ring (bicyclic) bond motifs is 1. The second kappa shape index (κ2) is 4.62. The molecule has 1 aromatic carbocycles. The molecule has 17 heavy (non-hydrogen) atoms. The molecular formula is C16H16O. The molecule has 1 aromatic heterocycles. The lowest BCUT2D eigenvalue weighted by Crippen LogP contribution is -1.97. The highest BCUT2D eigenvalue weighted by molar-refractivity contribution is 5.67. The van der Waals surface area contributed by atoms with Gasteiger partial charge in [-0.3, -0.25) is 0 Å². The van der Waals surface area contributed by atoms with E-state index in [2.05, 4.69) is 30.4 Å². The Balaban J connectivity index is 1.81. The fourth-order valence-electron chi connectivity index (χ4n) is 2.34. The Labute approximate surface area is 102 Å². The van der Waals surface area contributed by atoms with E-state index in [1.807, 2.05) is 18.2 Å². The van der Waals surface area contributed by atoms with E-state index in [1.54, 1.807) is 0 Å². The van der Waals surface area contributed by atoms with Crippen LogP contribution in [-0.4, -0.2) is 0 Å². The molecule has 0 spiro atoms. The van der Waals surface area contributed by atoms with E-state index in [9.17, 15) is 0 Å². The van der Waals surface area contributed by atoms with Gasteiger partial charge in [0.25, 0.3) is 0 Å². The van der Waals surface area contributed by atoms with Gasteiger partial charge in [-0.25, -0.2) is 0 Å². The van der Waals surface area contributed by atoms with Gasteiger partial charge in [-0.05, 0) is 42.5 Å². The minimum Gasteiger partial charge on any atom is -0.461 e. The minimum absolute atomic E-state index is 0.987. The normalized spacial score (nSPS) is 15.1. The van der Waals surface area contributed by atoms with Crippen molar-refractivity contribution in [3.05, 3.63) is 59.0 Å². The van der Waals surface area contributed by atoms with Gasteiger partial charge in [0.05, 0.1) is 0 Å². The molecule has 2 aromatic rings. The van der Waals surface area contributed by atoms with Gasteiger partial charge < -0.3 is 4.42 Å². The Bertz CT molecular complexity index is 496. The van der Waals surface area contributed by atoms with E-state index in [0.717, 1.165) is 12.2 Å². The molecule has 0 radical (unpaired) electrons. The molecule has 0 bridgehead atoms. The first-order valence-corrected chi connectivity index (χ1v) is 6.26. The van der Waals surface area contributed by atoms with Crippen LogP contribution in [0.3, 0.4) is 0 Å². The molecule has 0 fully saturated rings. The number of benzene rings is 1. The second-order valence-corrected chi connectivity index (χ2v) is 4.55. The van der Waals surface area contributed by atoms with E-state index in [4.69, 9.17) is 4.42 Å². The minimum atomic E-state index is 0.987. The molecule has 0 aliphatic heterocycles. The largest absolute Gasteiger partial charge is 0.461 e. The van der Waals surface area contributed by atoms with E-state index < -0.39 is 0 Å². The molecule has 0 atom stereocenters. The molecule has 1 aliphatic carbocycles. The third-order valence-electron chi connectivity index (χ3n) is 3.26. The Hall–Kier alpha value is -1.76. The molecule has 86 valence electrons. The predicted octanol–water partition coefficient (Wildman–Crippen LogP) is 4.33. The monoisotopic (exact) mass is 224 g/mol. The average Bonchev–Trinajstić information content (AvgIpc) is 2.80. The molecule has 0 saturated carbocycles. The molecule has 0 unspecified atom stereocenters. The van der Waals surface area contributed by atoms with Gasteiger partial charge in [-0.2, -0.15) is 0 Å². The van der Waals surface area contributed by atoms with Crippen LogP contribution in [0.15, 0.2) is 40.8 Å². The number of hydrogen-bond donors (Lipinski definition) is 0. The van der Waals surface area contributed by atoms with Crippen molar-refractivity contribution in [1.82, 2.24) is 0 Å². The van der Waals surface area contributed by atoms with Crippen molar-refractivity contribution >= 4 is 12.2 Å². The van der Waals surface area contributed by atoms with Crippen molar-refractivity contribution in [3.63, 3.8) is 0 Å². The zero-order chi connectivity index (χ0) is 11.5. The van der Waals surface area contributed by atoms with Crippen LogP contribution in [0.25, 0.3) is 12.2 Å². The van der Waals surface area contributed by atoms with Crippen LogP contribution >= 0.6 is 0 Å². The summed E-state index contributed by atoms with van der Waals surface area (Å²) in [6.45, 7) is 0. The summed E-state index contributed by atoms with van der Waals surface area (Å²) in [5.74, 6) is 2.18. The van der Waals surface area contributed by atoms with E-state index >= 15 is 0 Å². The van der Waals surface area contributed by atoms with E-state index in [1.165, 1.54) is 36.1 Å². The third-order valence-corrected chi connectivity index (χ3v) is 3.26. The number of furan rings is 1. The molecule has 1 aliphatic rings. The quantitative estimate of drug-likeness (QED) is 0.740. The molecule has 1 nitrogen and oxygen atoms in total. The standard InChI is InChI=1S/C16H16O/c1-2-6-13(7-3-1)10-11-15-12-14-8-4-5-9-16(14)17-15/h1-3,6-7,10-12H,4-5,8-9H2. The summed E-state index contributed by atoms with van der Waals surface area (Å²) in [6, 6.07) is 12.5. The van der Waals surface area contributed by atoms with Crippen LogP contribution < -0.4 is 0 Å². The first kappa shape index (κ1) is 10.4. The van der Waals surface area contributed by atoms with Crippen molar-refractivity contribution in [2.75, 3.05) is 0 Å². The van der Waals surface area contributed by atoms with Gasteiger partial charge in [0.15, 0.2) is 0 Å². The van der Waals surface area contributed by atoms with Crippen molar-refractivity contribution in [2.24, 2.45) is 0 Å². The average molecular weight is 224 g/mol. The molecule has 0 amide bonds. The Morgan fingerprint density at radius 1 is 0.941 bits per heavy atom. The van der Waals surface area contributed by atoms with Gasteiger partial charge in [0.2, 0.25) is 0 Å². The van der Waals surface area contributed by atoms with Gasteiger partial charge in [0, 0.05) is 6.42 Å². The van der Waals surface area contributed by atoms with Crippen LogP contribution in [0, 0.1) is 0 Å². The van der Waals surface area contributed by atoms with E-state index in [-0.39, 0.29) is 0 Å². The summed E-state index contributed by atoms with van der Waals surface area (Å²) in [4.78, 5) is 0. The number of rotatable bonds is 2. The summed E-state index contributed by atoms with van der Waals surface area (Å²) in [5.41, 5.74) is 2.62. The predicted molar refractivity (Wildman–Crippen MR) is 70.7 cm³/mol. The third kappa shape index (κ3) is 2.33.